The first kappa shape index (κ1) is 22.2. The number of aryl methyl sites for hydroxylation is 1. The van der Waals surface area contributed by atoms with Crippen molar-refractivity contribution in [3.63, 3.8) is 0 Å². The molecule has 0 aromatic heterocycles. The maximum Gasteiger partial charge on any atom is 0.537 e. The van der Waals surface area contributed by atoms with Crippen molar-refractivity contribution in [2.24, 2.45) is 0 Å². The Bertz CT molecular complexity index is 724. The van der Waals surface area contributed by atoms with Gasteiger partial charge in [-0.15, -0.1) is 0 Å². The molecule has 0 saturated carbocycles. The topological polar surface area (TPSA) is 65.0 Å². The molecule has 0 aliphatic rings. The van der Waals surface area contributed by atoms with Gasteiger partial charge in [-0.25, -0.2) is 11.2 Å². The van der Waals surface area contributed by atoms with E-state index in [1.54, 1.807) is 0 Å². The molecule has 0 fully saturated rings. The van der Waals surface area contributed by atoms with Crippen LogP contribution in [-0.4, -0.2) is 33.2 Å². The molecule has 2 aromatic carbocycles. The molecule has 25 heavy (non-hydrogen) atoms. The molecule has 0 atom stereocenters. The molecular weight excluding hydrogens is 376 g/mol. The van der Waals surface area contributed by atoms with Gasteiger partial charge in [0.05, 0.1) is 0 Å². The van der Waals surface area contributed by atoms with E-state index in [1.807, 2.05) is 20.8 Å². The predicted molar refractivity (Wildman–Crippen MR) is 107 cm³/mol. The van der Waals surface area contributed by atoms with Crippen molar-refractivity contribution in [3.05, 3.63) is 42.0 Å². The summed E-state index contributed by atoms with van der Waals surface area (Å²) in [5.41, 5.74) is 1.19. The molecule has 0 spiro atoms. The molecule has 0 aliphatic carbocycles. The van der Waals surface area contributed by atoms with Crippen LogP contribution >= 0.6 is 0 Å². The van der Waals surface area contributed by atoms with E-state index in [1.165, 1.54) is 16.3 Å². The van der Waals surface area contributed by atoms with E-state index < -0.39 is 18.4 Å². The Morgan fingerprint density at radius 1 is 1.00 bits per heavy atom. The molecule has 5 nitrogen and oxygen atoms in total. The molecule has 1 N–H and O–H groups in total. The van der Waals surface area contributed by atoms with Gasteiger partial charge in [-0.1, -0.05) is 46.0 Å². The Morgan fingerprint density at radius 2 is 1.48 bits per heavy atom. The number of fused-ring (bicyclic) bond motifs is 1. The first-order valence-electron chi connectivity index (χ1n) is 8.10. The summed E-state index contributed by atoms with van der Waals surface area (Å²) in [6.07, 6.45) is 0. The highest BCUT2D eigenvalue weighted by Crippen LogP contribution is 2.21. The third-order valence-corrected chi connectivity index (χ3v) is 6.74. The number of rotatable bonds is 7. The summed E-state index contributed by atoms with van der Waals surface area (Å²) in [4.78, 5) is 0. The van der Waals surface area contributed by atoms with Gasteiger partial charge in [0.25, 0.3) is 0 Å². The van der Waals surface area contributed by atoms with Gasteiger partial charge in [0.15, 0.2) is 0 Å². The summed E-state index contributed by atoms with van der Waals surface area (Å²) >= 11 is 3.65. The highest BCUT2D eigenvalue weighted by atomic mass is 32.8. The number of hydrogen-bond donors (Lipinski definition) is 1. The zero-order valence-corrected chi connectivity index (χ0v) is 17.6. The third-order valence-electron chi connectivity index (χ3n) is 3.53. The summed E-state index contributed by atoms with van der Waals surface area (Å²) in [5.74, 6) is 0. The molecule has 0 aliphatic heterocycles. The van der Waals surface area contributed by atoms with Crippen molar-refractivity contribution >= 4 is 45.6 Å². The van der Waals surface area contributed by atoms with Crippen molar-refractivity contribution in [3.8, 4) is 0 Å². The van der Waals surface area contributed by atoms with Crippen LogP contribution in [0.25, 0.3) is 10.8 Å². The average Bonchev–Trinajstić information content (AvgIpc) is 2.55. The maximum absolute atomic E-state index is 8.93. The van der Waals surface area contributed by atoms with Crippen molar-refractivity contribution in [1.82, 2.24) is 0 Å². The van der Waals surface area contributed by atoms with Crippen molar-refractivity contribution in [2.45, 2.75) is 27.7 Å². The molecule has 0 bridgehead atoms. The van der Waals surface area contributed by atoms with Crippen molar-refractivity contribution < 1.29 is 22.0 Å². The quantitative estimate of drug-likeness (QED) is 0.436. The lowest BCUT2D eigenvalue weighted by Crippen LogP contribution is -2.57. The summed E-state index contributed by atoms with van der Waals surface area (Å²) < 4.78 is 34.3. The molecule has 0 radical (unpaired) electrons. The highest BCUT2D eigenvalue weighted by Gasteiger charge is 2.44. The van der Waals surface area contributed by atoms with Gasteiger partial charge >= 0.3 is 8.80 Å². The largest absolute Gasteiger partial charge is 0.537 e. The van der Waals surface area contributed by atoms with E-state index >= 15 is 0 Å². The predicted octanol–water partition coefficient (Wildman–Crippen LogP) is 3.29. The van der Waals surface area contributed by atoms with E-state index in [9.17, 15) is 0 Å². The maximum atomic E-state index is 8.93. The molecule has 8 heteroatoms. The molecule has 0 amide bonds. The molecule has 140 valence electrons. The fraction of sp³-hybridized carbons (Fsp3) is 0.412. The summed E-state index contributed by atoms with van der Waals surface area (Å²) in [6, 6.07) is 12.6. The van der Waals surface area contributed by atoms with Crippen LogP contribution in [0.5, 0.6) is 0 Å². The van der Waals surface area contributed by atoms with Gasteiger partial charge in [-0.2, -0.15) is 0 Å². The minimum absolute atomic E-state index is 0.582. The molecule has 2 aromatic rings. The van der Waals surface area contributed by atoms with Crippen LogP contribution in [0.4, 0.5) is 0 Å². The van der Waals surface area contributed by atoms with E-state index in [0.717, 1.165) is 5.19 Å². The van der Waals surface area contributed by atoms with Crippen LogP contribution in [0.2, 0.25) is 0 Å². The van der Waals surface area contributed by atoms with Crippen LogP contribution < -0.4 is 5.19 Å². The van der Waals surface area contributed by atoms with E-state index in [2.05, 4.69) is 54.5 Å². The molecular formula is C17H25O5S2Si-. The molecule has 2 rings (SSSR count). The highest BCUT2D eigenvalue weighted by molar-refractivity contribution is 8.18. The Balaban J connectivity index is 0.000000705. The smallest absolute Gasteiger partial charge is 0.459 e. The third kappa shape index (κ3) is 6.10. The van der Waals surface area contributed by atoms with E-state index in [0.29, 0.717) is 19.8 Å². The van der Waals surface area contributed by atoms with Gasteiger partial charge in [0.2, 0.25) is 0 Å². The Labute approximate surface area is 157 Å². The van der Waals surface area contributed by atoms with Crippen LogP contribution in [0.3, 0.4) is 0 Å². The minimum atomic E-state index is -2.83. The Kier molecular flexibility index (Phi) is 9.73. The lowest BCUT2D eigenvalue weighted by Gasteiger charge is -2.30. The van der Waals surface area contributed by atoms with Gasteiger partial charge in [0.1, 0.15) is 0 Å². The second-order valence-corrected chi connectivity index (χ2v) is 8.84. The zero-order valence-electron chi connectivity index (χ0n) is 15.0. The monoisotopic (exact) mass is 401 g/mol. The van der Waals surface area contributed by atoms with E-state index in [-0.39, 0.29) is 0 Å². The summed E-state index contributed by atoms with van der Waals surface area (Å²) in [6.45, 7) is 9.81. The van der Waals surface area contributed by atoms with Crippen LogP contribution in [0, 0.1) is 6.92 Å². The SMILES string of the molecule is CCO[Si](OCC)(OCC)c1ccc2ccccc2c1C.O=[S-](O)=S. The zero-order chi connectivity index (χ0) is 18.9. The van der Waals surface area contributed by atoms with Crippen LogP contribution in [-0.2, 0) is 38.3 Å². The number of benzene rings is 2. The average molecular weight is 402 g/mol. The van der Waals surface area contributed by atoms with Gasteiger partial charge in [-0.3, -0.25) is 0 Å². The van der Waals surface area contributed by atoms with Crippen LogP contribution in [0.15, 0.2) is 36.4 Å². The van der Waals surface area contributed by atoms with Gasteiger partial charge in [0, 0.05) is 25.0 Å². The Hall–Kier alpha value is -0.873. The summed E-state index contributed by atoms with van der Waals surface area (Å²) in [5, 5.41) is 3.53. The molecule has 0 unspecified atom stereocenters. The lowest BCUT2D eigenvalue weighted by molar-refractivity contribution is 0.0858. The fourth-order valence-corrected chi connectivity index (χ4v) is 5.43. The normalized spacial score (nSPS) is 11.4. The first-order chi connectivity index (χ1) is 11.9. The summed E-state index contributed by atoms with van der Waals surface area (Å²) in [7, 11) is -4.86. The second-order valence-electron chi connectivity index (χ2n) is 5.03. The molecule has 0 saturated heterocycles. The first-order valence-corrected chi connectivity index (χ1v) is 11.9. The Morgan fingerprint density at radius 3 is 1.96 bits per heavy atom. The van der Waals surface area contributed by atoms with Crippen molar-refractivity contribution in [2.75, 3.05) is 19.8 Å². The second kappa shape index (κ2) is 11.0. The van der Waals surface area contributed by atoms with Crippen molar-refractivity contribution in [1.29, 1.82) is 0 Å². The number of hydrogen-bond acceptors (Lipinski definition) is 6. The minimum Gasteiger partial charge on any atom is -0.459 e. The standard InChI is InChI=1S/C17H24O3Si.HO2S2/c1-5-18-21(19-6-2,20-7-3)17-13-12-15-10-8-9-11-16(15)14(17)4;1-4(2)3/h8-13H,5-7H2,1-4H3;(H,1,2,3)/q;-1. The van der Waals surface area contributed by atoms with Gasteiger partial charge < -0.3 is 22.0 Å². The molecule has 0 heterocycles. The van der Waals surface area contributed by atoms with Crippen LogP contribution in [0.1, 0.15) is 26.3 Å². The fourth-order valence-electron chi connectivity index (χ4n) is 2.69. The van der Waals surface area contributed by atoms with E-state index in [4.69, 9.17) is 22.0 Å². The lowest BCUT2D eigenvalue weighted by atomic mass is 10.1. The van der Waals surface area contributed by atoms with Gasteiger partial charge in [-0.05, 0) is 44.0 Å².